The van der Waals surface area contributed by atoms with Gasteiger partial charge in [-0.25, -0.2) is 0 Å². The maximum absolute atomic E-state index is 11.3. The zero-order chi connectivity index (χ0) is 9.68. The fraction of sp³-hybridized carbons (Fsp3) is 0.667. The maximum atomic E-state index is 11.3. The number of aromatic amines is 1. The minimum absolute atomic E-state index is 0.0342. The Kier molecular flexibility index (Phi) is 3.32. The second-order valence-corrected chi connectivity index (χ2v) is 2.55. The first-order chi connectivity index (χ1) is 6.27. The molecule has 7 heteroatoms. The zero-order valence-corrected chi connectivity index (χ0v) is 7.32. The first-order valence-electron chi connectivity index (χ1n) is 4.02. The summed E-state index contributed by atoms with van der Waals surface area (Å²) in [6.45, 7) is 2.34. The molecule has 0 bridgehead atoms. The molecule has 0 spiro atoms. The van der Waals surface area contributed by atoms with Crippen LogP contribution in [-0.4, -0.2) is 39.1 Å². The molecule has 0 aliphatic carbocycles. The smallest absolute Gasteiger partial charge is 0.293 e. The average Bonchev–Trinajstić information content (AvgIpc) is 2.66. The lowest BCUT2D eigenvalue weighted by atomic mass is 10.2. The number of tetrazole rings is 1. The first kappa shape index (κ1) is 9.59. The summed E-state index contributed by atoms with van der Waals surface area (Å²) >= 11 is 0. The molecule has 1 amide bonds. The summed E-state index contributed by atoms with van der Waals surface area (Å²) in [5, 5.41) is 15.2. The molecule has 1 rings (SSSR count). The molecular formula is C6H12N6O. The van der Waals surface area contributed by atoms with Crippen LogP contribution in [0.5, 0.6) is 0 Å². The molecule has 7 nitrogen and oxygen atoms in total. The van der Waals surface area contributed by atoms with Crippen molar-refractivity contribution in [3.63, 3.8) is 0 Å². The minimum atomic E-state index is -0.356. The number of carbonyl (C=O) groups excluding carboxylic acids is 1. The Morgan fingerprint density at radius 3 is 3.00 bits per heavy atom. The highest BCUT2D eigenvalue weighted by Gasteiger charge is 2.13. The molecule has 0 saturated carbocycles. The Morgan fingerprint density at radius 2 is 2.54 bits per heavy atom. The maximum Gasteiger partial charge on any atom is 0.293 e. The van der Waals surface area contributed by atoms with Crippen molar-refractivity contribution in [2.75, 3.05) is 6.54 Å². The van der Waals surface area contributed by atoms with E-state index in [1.807, 2.05) is 6.92 Å². The fourth-order valence-electron chi connectivity index (χ4n) is 0.836. The third-order valence-corrected chi connectivity index (χ3v) is 1.66. The van der Waals surface area contributed by atoms with Crippen LogP contribution in [-0.2, 0) is 0 Å². The Balaban J connectivity index is 2.50. The lowest BCUT2D eigenvalue weighted by Gasteiger charge is -2.12. The van der Waals surface area contributed by atoms with Crippen LogP contribution in [0.3, 0.4) is 0 Å². The van der Waals surface area contributed by atoms with E-state index in [0.717, 1.165) is 6.42 Å². The van der Waals surface area contributed by atoms with E-state index < -0.39 is 0 Å². The van der Waals surface area contributed by atoms with Crippen molar-refractivity contribution in [3.05, 3.63) is 5.82 Å². The number of amides is 1. The molecule has 0 saturated heterocycles. The Hall–Kier alpha value is -1.50. The number of nitrogens with two attached hydrogens (primary N) is 1. The van der Waals surface area contributed by atoms with E-state index in [2.05, 4.69) is 25.9 Å². The van der Waals surface area contributed by atoms with Crippen molar-refractivity contribution in [1.29, 1.82) is 0 Å². The molecule has 13 heavy (non-hydrogen) atoms. The lowest BCUT2D eigenvalue weighted by molar-refractivity contribution is 0.0926. The van der Waals surface area contributed by atoms with Crippen LogP contribution in [0.4, 0.5) is 0 Å². The van der Waals surface area contributed by atoms with Crippen molar-refractivity contribution >= 4 is 5.91 Å². The van der Waals surface area contributed by atoms with E-state index in [1.165, 1.54) is 0 Å². The van der Waals surface area contributed by atoms with Crippen LogP contribution in [0.25, 0.3) is 0 Å². The van der Waals surface area contributed by atoms with Gasteiger partial charge in [-0.3, -0.25) is 4.79 Å². The molecule has 72 valence electrons. The van der Waals surface area contributed by atoms with Gasteiger partial charge in [0.05, 0.1) is 0 Å². The Bertz CT molecular complexity index is 254. The van der Waals surface area contributed by atoms with Gasteiger partial charge in [-0.15, -0.1) is 10.2 Å². The number of nitrogens with one attached hydrogen (secondary N) is 2. The molecule has 1 aromatic heterocycles. The van der Waals surface area contributed by atoms with E-state index in [0.29, 0.717) is 6.54 Å². The highest BCUT2D eigenvalue weighted by molar-refractivity contribution is 5.90. The van der Waals surface area contributed by atoms with E-state index in [4.69, 9.17) is 5.73 Å². The van der Waals surface area contributed by atoms with Crippen molar-refractivity contribution in [2.45, 2.75) is 19.4 Å². The van der Waals surface area contributed by atoms with Crippen molar-refractivity contribution < 1.29 is 4.79 Å². The van der Waals surface area contributed by atoms with Gasteiger partial charge in [-0.1, -0.05) is 6.92 Å². The fourth-order valence-corrected chi connectivity index (χ4v) is 0.836. The molecular weight excluding hydrogens is 172 g/mol. The summed E-state index contributed by atoms with van der Waals surface area (Å²) in [6, 6.07) is -0.0361. The molecule has 0 aliphatic heterocycles. The second kappa shape index (κ2) is 4.51. The highest BCUT2D eigenvalue weighted by atomic mass is 16.2. The monoisotopic (exact) mass is 184 g/mol. The van der Waals surface area contributed by atoms with Crippen molar-refractivity contribution in [3.8, 4) is 0 Å². The van der Waals surface area contributed by atoms with Gasteiger partial charge in [0.25, 0.3) is 11.7 Å². The number of hydrogen-bond acceptors (Lipinski definition) is 5. The summed E-state index contributed by atoms with van der Waals surface area (Å²) in [6.07, 6.45) is 0.778. The minimum Gasteiger partial charge on any atom is -0.345 e. The van der Waals surface area contributed by atoms with Gasteiger partial charge in [0.2, 0.25) is 0 Å². The number of carbonyl (C=O) groups is 1. The molecule has 1 unspecified atom stereocenters. The third kappa shape index (κ3) is 2.48. The van der Waals surface area contributed by atoms with Crippen molar-refractivity contribution in [2.24, 2.45) is 5.73 Å². The Labute approximate surface area is 75.1 Å². The molecule has 1 aromatic rings. The number of H-pyrrole nitrogens is 1. The standard InChI is InChI=1S/C6H12N6O/c1-2-4(3-7)8-6(13)5-9-11-12-10-5/h4H,2-3,7H2,1H3,(H,8,13)(H,9,10,11,12). The molecule has 0 aromatic carbocycles. The summed E-state index contributed by atoms with van der Waals surface area (Å²) in [5.74, 6) is -0.321. The number of hydrogen-bond donors (Lipinski definition) is 3. The van der Waals surface area contributed by atoms with Crippen LogP contribution in [0.2, 0.25) is 0 Å². The predicted molar refractivity (Wildman–Crippen MR) is 44.8 cm³/mol. The topological polar surface area (TPSA) is 110 Å². The molecule has 0 aliphatic rings. The van der Waals surface area contributed by atoms with E-state index in [-0.39, 0.29) is 17.8 Å². The predicted octanol–water partition coefficient (Wildman–Crippen LogP) is -1.33. The van der Waals surface area contributed by atoms with Gasteiger partial charge in [-0.05, 0) is 11.6 Å². The molecule has 0 fully saturated rings. The number of aromatic nitrogens is 4. The third-order valence-electron chi connectivity index (χ3n) is 1.66. The van der Waals surface area contributed by atoms with Crippen LogP contribution in [0.1, 0.15) is 24.0 Å². The van der Waals surface area contributed by atoms with Gasteiger partial charge in [0, 0.05) is 12.6 Å². The molecule has 0 radical (unpaired) electrons. The Morgan fingerprint density at radius 1 is 1.77 bits per heavy atom. The molecule has 1 heterocycles. The lowest BCUT2D eigenvalue weighted by Crippen LogP contribution is -2.40. The SMILES string of the molecule is CCC(CN)NC(=O)c1nn[nH]n1. The van der Waals surface area contributed by atoms with Crippen molar-refractivity contribution in [1.82, 2.24) is 25.9 Å². The summed E-state index contributed by atoms with van der Waals surface area (Å²) in [5.41, 5.74) is 5.41. The number of nitrogens with zero attached hydrogens (tertiary/aromatic N) is 3. The van der Waals surface area contributed by atoms with Crippen LogP contribution in [0, 0.1) is 0 Å². The second-order valence-electron chi connectivity index (χ2n) is 2.55. The normalized spacial score (nSPS) is 12.5. The van der Waals surface area contributed by atoms with Crippen LogP contribution < -0.4 is 11.1 Å². The average molecular weight is 184 g/mol. The molecule has 1 atom stereocenters. The largest absolute Gasteiger partial charge is 0.345 e. The summed E-state index contributed by atoms with van der Waals surface area (Å²) in [7, 11) is 0. The van der Waals surface area contributed by atoms with Gasteiger partial charge in [0.15, 0.2) is 0 Å². The first-order valence-corrected chi connectivity index (χ1v) is 4.02. The van der Waals surface area contributed by atoms with Gasteiger partial charge in [-0.2, -0.15) is 5.21 Å². The van der Waals surface area contributed by atoms with Crippen LogP contribution in [0.15, 0.2) is 0 Å². The number of rotatable bonds is 4. The van der Waals surface area contributed by atoms with E-state index in [9.17, 15) is 4.79 Å². The van der Waals surface area contributed by atoms with E-state index >= 15 is 0 Å². The summed E-state index contributed by atoms with van der Waals surface area (Å²) in [4.78, 5) is 11.3. The van der Waals surface area contributed by atoms with Gasteiger partial charge < -0.3 is 11.1 Å². The highest BCUT2D eigenvalue weighted by Crippen LogP contribution is 1.90. The van der Waals surface area contributed by atoms with Gasteiger partial charge >= 0.3 is 0 Å². The zero-order valence-electron chi connectivity index (χ0n) is 7.32. The summed E-state index contributed by atoms with van der Waals surface area (Å²) < 4.78 is 0. The quantitative estimate of drug-likeness (QED) is 0.537. The molecule has 4 N–H and O–H groups in total. The van der Waals surface area contributed by atoms with Crippen LogP contribution >= 0.6 is 0 Å². The van der Waals surface area contributed by atoms with E-state index in [1.54, 1.807) is 0 Å². The van der Waals surface area contributed by atoms with Gasteiger partial charge in [0.1, 0.15) is 0 Å².